The molecule has 1 amide bonds. The fraction of sp³-hybridized carbons (Fsp3) is 0.519. The third kappa shape index (κ3) is 7.21. The minimum absolute atomic E-state index is 0.00480. The molecular formula is C27H37N3O4S. The summed E-state index contributed by atoms with van der Waals surface area (Å²) in [6.07, 6.45) is 8.72. The van der Waals surface area contributed by atoms with Gasteiger partial charge in [-0.05, 0) is 86.7 Å². The van der Waals surface area contributed by atoms with Crippen molar-refractivity contribution in [3.8, 4) is 11.5 Å². The summed E-state index contributed by atoms with van der Waals surface area (Å²) in [6, 6.07) is 15.3. The summed E-state index contributed by atoms with van der Waals surface area (Å²) in [7, 11) is -3.35. The van der Waals surface area contributed by atoms with Crippen LogP contribution in [0, 0.1) is 11.8 Å². The second-order valence-electron chi connectivity index (χ2n) is 9.99. The molecule has 0 spiro atoms. The molecule has 1 saturated carbocycles. The van der Waals surface area contributed by atoms with Gasteiger partial charge >= 0.3 is 0 Å². The van der Waals surface area contributed by atoms with Crippen molar-refractivity contribution in [2.75, 3.05) is 30.2 Å². The molecule has 1 aliphatic carbocycles. The number of nitrogens with two attached hydrogens (primary N) is 1. The molecule has 2 aliphatic rings. The van der Waals surface area contributed by atoms with E-state index in [4.69, 9.17) is 10.5 Å². The Labute approximate surface area is 209 Å². The summed E-state index contributed by atoms with van der Waals surface area (Å²) < 4.78 is 32.5. The zero-order chi connectivity index (χ0) is 24.8. The number of carbonyl (C=O) groups excluding carboxylic acids is 1. The van der Waals surface area contributed by atoms with E-state index in [1.807, 2.05) is 36.4 Å². The van der Waals surface area contributed by atoms with Crippen LogP contribution in [-0.4, -0.2) is 45.1 Å². The Hall–Kier alpha value is -2.58. The summed E-state index contributed by atoms with van der Waals surface area (Å²) in [5.41, 5.74) is 7.30. The van der Waals surface area contributed by atoms with E-state index in [9.17, 15) is 13.2 Å². The number of carbonyl (C=O) groups is 1. The van der Waals surface area contributed by atoms with Gasteiger partial charge in [-0.2, -0.15) is 0 Å². The first kappa shape index (κ1) is 25.5. The van der Waals surface area contributed by atoms with Gasteiger partial charge in [-0.3, -0.25) is 14.0 Å². The highest BCUT2D eigenvalue weighted by Crippen LogP contribution is 2.30. The molecule has 0 radical (unpaired) electrons. The number of benzene rings is 2. The number of hydrogen-bond acceptors (Lipinski definition) is 5. The van der Waals surface area contributed by atoms with Gasteiger partial charge in [0, 0.05) is 19.0 Å². The number of amides is 1. The fourth-order valence-electron chi connectivity index (χ4n) is 5.15. The van der Waals surface area contributed by atoms with Crippen molar-refractivity contribution < 1.29 is 17.9 Å². The average Bonchev–Trinajstić information content (AvgIpc) is 2.85. The van der Waals surface area contributed by atoms with Crippen LogP contribution >= 0.6 is 0 Å². The van der Waals surface area contributed by atoms with Crippen molar-refractivity contribution in [2.45, 2.75) is 51.5 Å². The zero-order valence-corrected chi connectivity index (χ0v) is 21.4. The average molecular weight is 500 g/mol. The standard InChI is InChI=1S/C27H37N3O4S/c1-35(32,33)30(20-21-5-3-2-4-6-21)24-9-13-26(14-10-24)34-25-11-7-22(8-12-25)19-29-17-15-23(16-18-29)27(28)31/h7-14,21,23H,2-6,15-20H2,1H3,(H2,28,31). The molecule has 2 aromatic carbocycles. The Morgan fingerprint density at radius 2 is 1.51 bits per heavy atom. The van der Waals surface area contributed by atoms with Crippen LogP contribution in [0.5, 0.6) is 11.5 Å². The number of rotatable bonds is 9. The molecule has 2 N–H and O–H groups in total. The van der Waals surface area contributed by atoms with E-state index in [0.717, 1.165) is 51.1 Å². The quantitative estimate of drug-likeness (QED) is 0.547. The van der Waals surface area contributed by atoms with E-state index in [1.54, 1.807) is 0 Å². The van der Waals surface area contributed by atoms with Gasteiger partial charge in [-0.15, -0.1) is 0 Å². The molecule has 0 unspecified atom stereocenters. The van der Waals surface area contributed by atoms with Crippen molar-refractivity contribution >= 4 is 21.6 Å². The molecular weight excluding hydrogens is 462 g/mol. The predicted molar refractivity (Wildman–Crippen MR) is 139 cm³/mol. The molecule has 2 fully saturated rings. The van der Waals surface area contributed by atoms with Crippen LogP contribution in [-0.2, 0) is 21.4 Å². The molecule has 1 saturated heterocycles. The zero-order valence-electron chi connectivity index (χ0n) is 20.6. The molecule has 7 nitrogen and oxygen atoms in total. The molecule has 190 valence electrons. The van der Waals surface area contributed by atoms with E-state index in [1.165, 1.54) is 35.4 Å². The van der Waals surface area contributed by atoms with Crippen LogP contribution in [0.1, 0.15) is 50.5 Å². The largest absolute Gasteiger partial charge is 0.457 e. The maximum Gasteiger partial charge on any atom is 0.232 e. The number of primary amides is 1. The van der Waals surface area contributed by atoms with Crippen molar-refractivity contribution in [2.24, 2.45) is 17.6 Å². The Bertz CT molecular complexity index is 1070. The molecule has 8 heteroatoms. The molecule has 1 aliphatic heterocycles. The Balaban J connectivity index is 1.33. The maximum atomic E-state index is 12.5. The van der Waals surface area contributed by atoms with Gasteiger partial charge in [0.2, 0.25) is 15.9 Å². The molecule has 2 aromatic rings. The van der Waals surface area contributed by atoms with Gasteiger partial charge in [-0.1, -0.05) is 31.4 Å². The molecule has 35 heavy (non-hydrogen) atoms. The Morgan fingerprint density at radius 3 is 2.06 bits per heavy atom. The predicted octanol–water partition coefficient (Wildman–Crippen LogP) is 4.52. The van der Waals surface area contributed by atoms with Crippen molar-refractivity contribution in [1.82, 2.24) is 4.90 Å². The highest BCUT2D eigenvalue weighted by Gasteiger charge is 2.24. The number of ether oxygens (including phenoxy) is 1. The number of piperidine rings is 1. The lowest BCUT2D eigenvalue weighted by molar-refractivity contribution is -0.123. The fourth-order valence-corrected chi connectivity index (χ4v) is 6.14. The van der Waals surface area contributed by atoms with Crippen molar-refractivity contribution in [1.29, 1.82) is 0 Å². The Morgan fingerprint density at radius 1 is 0.943 bits per heavy atom. The van der Waals surface area contributed by atoms with Crippen molar-refractivity contribution in [3.63, 3.8) is 0 Å². The first-order valence-electron chi connectivity index (χ1n) is 12.6. The van der Waals surface area contributed by atoms with E-state index in [0.29, 0.717) is 23.9 Å². The maximum absolute atomic E-state index is 12.5. The normalized spacial score (nSPS) is 18.3. The highest BCUT2D eigenvalue weighted by atomic mass is 32.2. The highest BCUT2D eigenvalue weighted by molar-refractivity contribution is 7.92. The van der Waals surface area contributed by atoms with Crippen LogP contribution in [0.15, 0.2) is 48.5 Å². The number of likely N-dealkylation sites (tertiary alicyclic amines) is 1. The van der Waals surface area contributed by atoms with Crippen molar-refractivity contribution in [3.05, 3.63) is 54.1 Å². The van der Waals surface area contributed by atoms with Gasteiger partial charge in [0.25, 0.3) is 0 Å². The molecule has 0 atom stereocenters. The lowest BCUT2D eigenvalue weighted by atomic mass is 9.89. The third-order valence-corrected chi connectivity index (χ3v) is 8.39. The number of anilines is 1. The lowest BCUT2D eigenvalue weighted by Crippen LogP contribution is -2.38. The molecule has 0 aromatic heterocycles. The van der Waals surface area contributed by atoms with E-state index >= 15 is 0 Å². The first-order chi connectivity index (χ1) is 16.8. The first-order valence-corrected chi connectivity index (χ1v) is 14.5. The summed E-state index contributed by atoms with van der Waals surface area (Å²) in [5.74, 6) is 1.64. The summed E-state index contributed by atoms with van der Waals surface area (Å²) in [4.78, 5) is 13.7. The molecule has 0 bridgehead atoms. The third-order valence-electron chi connectivity index (χ3n) is 7.23. The second-order valence-corrected chi connectivity index (χ2v) is 11.9. The SMILES string of the molecule is CS(=O)(=O)N(CC1CCCCC1)c1ccc(Oc2ccc(CN3CCC(C(N)=O)CC3)cc2)cc1. The van der Waals surface area contributed by atoms with Gasteiger partial charge in [-0.25, -0.2) is 8.42 Å². The smallest absolute Gasteiger partial charge is 0.232 e. The Kier molecular flexibility index (Phi) is 8.34. The molecule has 4 rings (SSSR count). The van der Waals surface area contributed by atoms with Crippen LogP contribution in [0.4, 0.5) is 5.69 Å². The van der Waals surface area contributed by atoms with Crippen LogP contribution in [0.3, 0.4) is 0 Å². The van der Waals surface area contributed by atoms with Crippen LogP contribution in [0.2, 0.25) is 0 Å². The van der Waals surface area contributed by atoms with Gasteiger partial charge in [0.05, 0.1) is 11.9 Å². The lowest BCUT2D eigenvalue weighted by Gasteiger charge is -2.30. The minimum Gasteiger partial charge on any atom is -0.457 e. The van der Waals surface area contributed by atoms with Gasteiger partial charge in [0.1, 0.15) is 11.5 Å². The van der Waals surface area contributed by atoms with Gasteiger partial charge < -0.3 is 10.5 Å². The number of sulfonamides is 1. The van der Waals surface area contributed by atoms with Gasteiger partial charge in [0.15, 0.2) is 0 Å². The number of hydrogen-bond donors (Lipinski definition) is 1. The minimum atomic E-state index is -3.35. The van der Waals surface area contributed by atoms with Crippen LogP contribution < -0.4 is 14.8 Å². The van der Waals surface area contributed by atoms with E-state index in [-0.39, 0.29) is 11.8 Å². The van der Waals surface area contributed by atoms with Crippen LogP contribution in [0.25, 0.3) is 0 Å². The summed E-state index contributed by atoms with van der Waals surface area (Å²) in [5, 5.41) is 0. The van der Waals surface area contributed by atoms with E-state index in [2.05, 4.69) is 17.0 Å². The number of nitrogens with zero attached hydrogens (tertiary/aromatic N) is 2. The second kappa shape index (κ2) is 11.4. The van der Waals surface area contributed by atoms with E-state index < -0.39 is 10.0 Å². The summed E-state index contributed by atoms with van der Waals surface area (Å²) >= 11 is 0. The topological polar surface area (TPSA) is 92.9 Å². The monoisotopic (exact) mass is 499 g/mol. The summed E-state index contributed by atoms with van der Waals surface area (Å²) in [6.45, 7) is 3.14. The molecule has 1 heterocycles.